The van der Waals surface area contributed by atoms with Crippen molar-refractivity contribution in [1.82, 2.24) is 9.97 Å². The lowest BCUT2D eigenvalue weighted by Gasteiger charge is -1.96. The Morgan fingerprint density at radius 3 is 2.57 bits per heavy atom. The standard InChI is InChI=1S/C10H10BrN3/c11-8-3-1-7(2-4-8)10-13-6-9(5-12)14-10/h1-4,6H,5,12H2,(H,13,14). The van der Waals surface area contributed by atoms with Gasteiger partial charge in [-0.2, -0.15) is 0 Å². The van der Waals surface area contributed by atoms with Crippen LogP contribution in [0.1, 0.15) is 5.69 Å². The van der Waals surface area contributed by atoms with Crippen LogP contribution < -0.4 is 5.73 Å². The lowest BCUT2D eigenvalue weighted by molar-refractivity contribution is 1.01. The molecule has 0 saturated heterocycles. The largest absolute Gasteiger partial charge is 0.341 e. The van der Waals surface area contributed by atoms with E-state index in [1.165, 1.54) is 0 Å². The molecule has 2 aromatic rings. The molecular formula is C10H10BrN3. The van der Waals surface area contributed by atoms with Crippen LogP contribution in [0.5, 0.6) is 0 Å². The molecule has 0 atom stereocenters. The molecule has 0 amide bonds. The van der Waals surface area contributed by atoms with Gasteiger partial charge in [0.1, 0.15) is 5.82 Å². The summed E-state index contributed by atoms with van der Waals surface area (Å²) in [4.78, 5) is 7.38. The van der Waals surface area contributed by atoms with Gasteiger partial charge in [-0.05, 0) is 12.1 Å². The number of nitrogens with one attached hydrogen (secondary N) is 1. The Hall–Kier alpha value is -1.13. The Bertz CT molecular complexity index is 419. The van der Waals surface area contributed by atoms with Crippen molar-refractivity contribution in [3.63, 3.8) is 0 Å². The smallest absolute Gasteiger partial charge is 0.137 e. The van der Waals surface area contributed by atoms with Gasteiger partial charge < -0.3 is 10.7 Å². The van der Waals surface area contributed by atoms with E-state index in [4.69, 9.17) is 5.73 Å². The summed E-state index contributed by atoms with van der Waals surface area (Å²) in [6.07, 6.45) is 1.76. The Morgan fingerprint density at radius 2 is 2.00 bits per heavy atom. The fourth-order valence-electron chi connectivity index (χ4n) is 1.22. The number of nitrogens with zero attached hydrogens (tertiary/aromatic N) is 1. The molecule has 0 aliphatic rings. The first-order chi connectivity index (χ1) is 6.79. The van der Waals surface area contributed by atoms with Gasteiger partial charge in [0.2, 0.25) is 0 Å². The highest BCUT2D eigenvalue weighted by Crippen LogP contribution is 2.18. The zero-order valence-corrected chi connectivity index (χ0v) is 9.08. The average molecular weight is 252 g/mol. The van der Waals surface area contributed by atoms with Gasteiger partial charge in [0.05, 0.1) is 0 Å². The minimum absolute atomic E-state index is 0.490. The SMILES string of the molecule is NCc1cnc(-c2ccc(Br)cc2)[nH]1. The van der Waals surface area contributed by atoms with Crippen molar-refractivity contribution in [3.8, 4) is 11.4 Å². The topological polar surface area (TPSA) is 54.7 Å². The molecular weight excluding hydrogens is 242 g/mol. The number of imidazole rings is 1. The number of aromatic amines is 1. The molecule has 1 heterocycles. The van der Waals surface area contributed by atoms with Crippen LogP contribution in [0.3, 0.4) is 0 Å². The van der Waals surface area contributed by atoms with Crippen LogP contribution in [0.25, 0.3) is 11.4 Å². The maximum atomic E-state index is 5.49. The summed E-state index contributed by atoms with van der Waals surface area (Å²) < 4.78 is 1.06. The number of halogens is 1. The zero-order chi connectivity index (χ0) is 9.97. The molecule has 1 aromatic heterocycles. The molecule has 14 heavy (non-hydrogen) atoms. The maximum Gasteiger partial charge on any atom is 0.137 e. The lowest BCUT2D eigenvalue weighted by atomic mass is 10.2. The van der Waals surface area contributed by atoms with Crippen molar-refractivity contribution in [1.29, 1.82) is 0 Å². The summed E-state index contributed by atoms with van der Waals surface area (Å²) in [5, 5.41) is 0. The first-order valence-corrected chi connectivity index (χ1v) is 5.09. The molecule has 0 radical (unpaired) electrons. The third-order valence-corrected chi connectivity index (χ3v) is 2.49. The van der Waals surface area contributed by atoms with E-state index in [9.17, 15) is 0 Å². The fraction of sp³-hybridized carbons (Fsp3) is 0.100. The normalized spacial score (nSPS) is 10.4. The van der Waals surface area contributed by atoms with Gasteiger partial charge in [0, 0.05) is 28.5 Å². The van der Waals surface area contributed by atoms with Crippen LogP contribution in [0, 0.1) is 0 Å². The number of benzene rings is 1. The van der Waals surface area contributed by atoms with E-state index < -0.39 is 0 Å². The highest BCUT2D eigenvalue weighted by molar-refractivity contribution is 9.10. The van der Waals surface area contributed by atoms with Gasteiger partial charge in [0.25, 0.3) is 0 Å². The van der Waals surface area contributed by atoms with Gasteiger partial charge in [-0.25, -0.2) is 4.98 Å². The lowest BCUT2D eigenvalue weighted by Crippen LogP contribution is -1.95. The molecule has 0 unspecified atom stereocenters. The van der Waals surface area contributed by atoms with E-state index in [2.05, 4.69) is 25.9 Å². The second-order valence-electron chi connectivity index (χ2n) is 2.97. The number of hydrogen-bond acceptors (Lipinski definition) is 2. The maximum absolute atomic E-state index is 5.49. The molecule has 0 aliphatic carbocycles. The quantitative estimate of drug-likeness (QED) is 0.861. The number of hydrogen-bond donors (Lipinski definition) is 2. The van der Waals surface area contributed by atoms with E-state index in [0.717, 1.165) is 21.6 Å². The summed E-state index contributed by atoms with van der Waals surface area (Å²) in [6, 6.07) is 7.98. The molecule has 3 nitrogen and oxygen atoms in total. The number of rotatable bonds is 2. The summed E-state index contributed by atoms with van der Waals surface area (Å²) in [5.41, 5.74) is 7.50. The Labute approximate surface area is 90.5 Å². The molecule has 0 aliphatic heterocycles. The van der Waals surface area contributed by atoms with E-state index >= 15 is 0 Å². The van der Waals surface area contributed by atoms with Crippen LogP contribution in [-0.2, 0) is 6.54 Å². The van der Waals surface area contributed by atoms with E-state index in [1.54, 1.807) is 6.20 Å². The van der Waals surface area contributed by atoms with Crippen LogP contribution in [0.15, 0.2) is 34.9 Å². The predicted molar refractivity (Wildman–Crippen MR) is 59.6 cm³/mol. The summed E-state index contributed by atoms with van der Waals surface area (Å²) in [7, 11) is 0. The third kappa shape index (κ3) is 1.86. The molecule has 72 valence electrons. The summed E-state index contributed by atoms with van der Waals surface area (Å²) in [6.45, 7) is 0.490. The monoisotopic (exact) mass is 251 g/mol. The first-order valence-electron chi connectivity index (χ1n) is 4.29. The fourth-order valence-corrected chi connectivity index (χ4v) is 1.48. The van der Waals surface area contributed by atoms with Crippen molar-refractivity contribution >= 4 is 15.9 Å². The summed E-state index contributed by atoms with van der Waals surface area (Å²) >= 11 is 3.39. The van der Waals surface area contributed by atoms with Crippen LogP contribution in [0.4, 0.5) is 0 Å². The number of aromatic nitrogens is 2. The van der Waals surface area contributed by atoms with Crippen LogP contribution >= 0.6 is 15.9 Å². The minimum Gasteiger partial charge on any atom is -0.341 e. The molecule has 0 spiro atoms. The van der Waals surface area contributed by atoms with E-state index in [-0.39, 0.29) is 0 Å². The Balaban J connectivity index is 2.34. The van der Waals surface area contributed by atoms with Crippen molar-refractivity contribution < 1.29 is 0 Å². The predicted octanol–water partition coefficient (Wildman–Crippen LogP) is 2.30. The third-order valence-electron chi connectivity index (χ3n) is 1.97. The van der Waals surface area contributed by atoms with E-state index in [0.29, 0.717) is 6.54 Å². The van der Waals surface area contributed by atoms with Gasteiger partial charge in [-0.15, -0.1) is 0 Å². The van der Waals surface area contributed by atoms with Crippen molar-refractivity contribution in [3.05, 3.63) is 40.6 Å². The second-order valence-corrected chi connectivity index (χ2v) is 3.88. The van der Waals surface area contributed by atoms with Gasteiger partial charge in [-0.1, -0.05) is 28.1 Å². The van der Waals surface area contributed by atoms with Gasteiger partial charge >= 0.3 is 0 Å². The molecule has 0 fully saturated rings. The summed E-state index contributed by atoms with van der Waals surface area (Å²) in [5.74, 6) is 0.859. The molecule has 0 bridgehead atoms. The first kappa shape index (κ1) is 9.43. The van der Waals surface area contributed by atoms with Crippen molar-refractivity contribution in [2.75, 3.05) is 0 Å². The van der Waals surface area contributed by atoms with Crippen LogP contribution in [-0.4, -0.2) is 9.97 Å². The van der Waals surface area contributed by atoms with Gasteiger partial charge in [-0.3, -0.25) is 0 Å². The Morgan fingerprint density at radius 1 is 1.29 bits per heavy atom. The zero-order valence-electron chi connectivity index (χ0n) is 7.50. The number of nitrogens with two attached hydrogens (primary N) is 1. The number of H-pyrrole nitrogens is 1. The minimum atomic E-state index is 0.490. The molecule has 1 aromatic carbocycles. The highest BCUT2D eigenvalue weighted by Gasteiger charge is 2.01. The van der Waals surface area contributed by atoms with Crippen molar-refractivity contribution in [2.24, 2.45) is 5.73 Å². The highest BCUT2D eigenvalue weighted by atomic mass is 79.9. The molecule has 3 N–H and O–H groups in total. The molecule has 2 rings (SSSR count). The Kier molecular flexibility index (Phi) is 2.65. The van der Waals surface area contributed by atoms with E-state index in [1.807, 2.05) is 24.3 Å². The van der Waals surface area contributed by atoms with Gasteiger partial charge in [0.15, 0.2) is 0 Å². The van der Waals surface area contributed by atoms with Crippen molar-refractivity contribution in [2.45, 2.75) is 6.54 Å². The second kappa shape index (κ2) is 3.94. The molecule has 0 saturated carbocycles. The average Bonchev–Trinajstić information content (AvgIpc) is 2.67. The van der Waals surface area contributed by atoms with Crippen LogP contribution in [0.2, 0.25) is 0 Å². The molecule has 4 heteroatoms.